The number of hydrogen-bond donors (Lipinski definition) is 1. The summed E-state index contributed by atoms with van der Waals surface area (Å²) in [5, 5.41) is 3.05. The molecule has 1 atom stereocenters. The lowest BCUT2D eigenvalue weighted by molar-refractivity contribution is -0.139. The first-order chi connectivity index (χ1) is 15.0. The number of rotatable bonds is 6. The van der Waals surface area contributed by atoms with Gasteiger partial charge in [-0.15, -0.1) is 0 Å². The molecule has 0 aliphatic rings. The molecule has 1 unspecified atom stereocenters. The minimum Gasteiger partial charge on any atom is -0.345 e. The molecule has 0 saturated carbocycles. The van der Waals surface area contributed by atoms with Gasteiger partial charge in [-0.3, -0.25) is 4.79 Å². The number of imidazole rings is 1. The van der Waals surface area contributed by atoms with E-state index in [1.54, 1.807) is 42.1 Å². The number of amides is 1. The molecule has 1 heterocycles. The minimum absolute atomic E-state index is 0.0479. The third kappa shape index (κ3) is 5.93. The van der Waals surface area contributed by atoms with Crippen LogP contribution in [0, 0.1) is 6.92 Å². The highest BCUT2D eigenvalue weighted by Gasteiger charge is 2.39. The van der Waals surface area contributed by atoms with Crippen molar-refractivity contribution in [2.75, 3.05) is 0 Å². The van der Waals surface area contributed by atoms with Gasteiger partial charge in [0, 0.05) is 35.1 Å². The van der Waals surface area contributed by atoms with Gasteiger partial charge in [-0.1, -0.05) is 47.5 Å². The number of benzene rings is 2. The molecular formula is C23H20Cl2F3N3O. The molecule has 0 aliphatic carbocycles. The van der Waals surface area contributed by atoms with E-state index in [2.05, 4.69) is 10.3 Å². The molecule has 9 heteroatoms. The Bertz CT molecular complexity index is 1140. The van der Waals surface area contributed by atoms with Crippen LogP contribution in [0.3, 0.4) is 0 Å². The maximum atomic E-state index is 13.7. The third-order valence-corrected chi connectivity index (χ3v) is 5.34. The van der Waals surface area contributed by atoms with Crippen molar-refractivity contribution < 1.29 is 18.0 Å². The number of allylic oxidation sites excluding steroid dienone is 1. The number of carbonyl (C=O) groups is 1. The van der Waals surface area contributed by atoms with Crippen LogP contribution in [-0.2, 0) is 13.6 Å². The summed E-state index contributed by atoms with van der Waals surface area (Å²) in [4.78, 5) is 16.6. The van der Waals surface area contributed by atoms with Crippen LogP contribution in [0.5, 0.6) is 0 Å². The van der Waals surface area contributed by atoms with Crippen molar-refractivity contribution in [3.63, 3.8) is 0 Å². The van der Waals surface area contributed by atoms with Crippen molar-refractivity contribution in [1.82, 2.24) is 14.9 Å². The maximum Gasteiger partial charge on any atom is 0.399 e. The van der Waals surface area contributed by atoms with Gasteiger partial charge >= 0.3 is 6.18 Å². The maximum absolute atomic E-state index is 13.7. The van der Waals surface area contributed by atoms with Gasteiger partial charge in [0.15, 0.2) is 0 Å². The number of aromatic nitrogens is 2. The summed E-state index contributed by atoms with van der Waals surface area (Å²) in [7, 11) is 1.83. The van der Waals surface area contributed by atoms with Crippen molar-refractivity contribution in [2.45, 2.75) is 25.6 Å². The average Bonchev–Trinajstić information content (AvgIpc) is 3.09. The molecule has 1 amide bonds. The zero-order chi connectivity index (χ0) is 23.5. The Hall–Kier alpha value is -2.77. The lowest BCUT2D eigenvalue weighted by Gasteiger charge is -2.18. The molecule has 32 heavy (non-hydrogen) atoms. The molecule has 0 fully saturated rings. The molecule has 3 rings (SSSR count). The van der Waals surface area contributed by atoms with Crippen molar-refractivity contribution >= 4 is 35.2 Å². The van der Waals surface area contributed by atoms with Gasteiger partial charge < -0.3 is 9.88 Å². The van der Waals surface area contributed by atoms with E-state index in [1.165, 1.54) is 24.3 Å². The summed E-state index contributed by atoms with van der Waals surface area (Å²) in [6.07, 6.45) is 1.32. The Morgan fingerprint density at radius 3 is 2.44 bits per heavy atom. The quantitative estimate of drug-likeness (QED) is 0.447. The van der Waals surface area contributed by atoms with Gasteiger partial charge in [-0.05, 0) is 47.9 Å². The summed E-state index contributed by atoms with van der Waals surface area (Å²) < 4.78 is 42.8. The molecule has 0 spiro atoms. The van der Waals surface area contributed by atoms with E-state index in [0.29, 0.717) is 22.5 Å². The van der Waals surface area contributed by atoms with Crippen LogP contribution in [-0.4, -0.2) is 21.6 Å². The minimum atomic E-state index is -4.52. The fourth-order valence-corrected chi connectivity index (χ4v) is 3.78. The normalized spacial score (nSPS) is 12.8. The van der Waals surface area contributed by atoms with E-state index >= 15 is 0 Å². The molecule has 0 aliphatic heterocycles. The fourth-order valence-electron chi connectivity index (χ4n) is 3.24. The number of nitrogens with one attached hydrogen (secondary N) is 1. The standard InChI is InChI=1S/C23H20Cl2F3N3O/c1-14-9-15(3-5-19(14)22(32)30-13-21-29-7-8-31(21)2)4-6-20(23(26,27)28)16-10-17(24)12-18(25)11-16/h3-12,20H,13H2,1-2H3,(H,30,32). The topological polar surface area (TPSA) is 46.9 Å². The lowest BCUT2D eigenvalue weighted by Crippen LogP contribution is -2.25. The van der Waals surface area contributed by atoms with Crippen LogP contribution in [0.1, 0.15) is 38.8 Å². The van der Waals surface area contributed by atoms with Crippen LogP contribution in [0.4, 0.5) is 13.2 Å². The van der Waals surface area contributed by atoms with Gasteiger partial charge in [-0.2, -0.15) is 13.2 Å². The Morgan fingerprint density at radius 1 is 1.19 bits per heavy atom. The highest BCUT2D eigenvalue weighted by molar-refractivity contribution is 6.34. The number of halogens is 5. The van der Waals surface area contributed by atoms with Crippen molar-refractivity contribution in [2.24, 2.45) is 7.05 Å². The molecule has 4 nitrogen and oxygen atoms in total. The fraction of sp³-hybridized carbons (Fsp3) is 0.217. The van der Waals surface area contributed by atoms with Gasteiger partial charge in [0.05, 0.1) is 12.5 Å². The number of alkyl halides is 3. The summed E-state index contributed by atoms with van der Waals surface area (Å²) in [5.41, 5.74) is 1.56. The second-order valence-electron chi connectivity index (χ2n) is 7.29. The van der Waals surface area contributed by atoms with Crippen LogP contribution in [0.25, 0.3) is 6.08 Å². The van der Waals surface area contributed by atoms with Crippen LogP contribution in [0.2, 0.25) is 10.0 Å². The van der Waals surface area contributed by atoms with E-state index < -0.39 is 12.1 Å². The summed E-state index contributed by atoms with van der Waals surface area (Å²) in [6, 6.07) is 8.71. The van der Waals surface area contributed by atoms with Crippen LogP contribution < -0.4 is 5.32 Å². The van der Waals surface area contributed by atoms with Crippen LogP contribution >= 0.6 is 23.2 Å². The highest BCUT2D eigenvalue weighted by Crippen LogP contribution is 2.38. The SMILES string of the molecule is Cc1cc(C=CC(c2cc(Cl)cc(Cl)c2)C(F)(F)F)ccc1C(=O)NCc1nccn1C. The lowest BCUT2D eigenvalue weighted by atomic mass is 9.96. The number of aryl methyl sites for hydroxylation is 2. The Balaban J connectivity index is 1.78. The smallest absolute Gasteiger partial charge is 0.345 e. The number of carbonyl (C=O) groups excluding carboxylic acids is 1. The molecule has 168 valence electrons. The van der Waals surface area contributed by atoms with Gasteiger partial charge in [0.1, 0.15) is 5.82 Å². The van der Waals surface area contributed by atoms with Crippen LogP contribution in [0.15, 0.2) is 54.9 Å². The predicted molar refractivity (Wildman–Crippen MR) is 120 cm³/mol. The summed E-state index contributed by atoms with van der Waals surface area (Å²) in [6.45, 7) is 1.99. The Kier molecular flexibility index (Phi) is 7.31. The Labute approximate surface area is 193 Å². The molecule has 2 aromatic carbocycles. The molecule has 1 aromatic heterocycles. The first-order valence-corrected chi connectivity index (χ1v) is 10.4. The predicted octanol–water partition coefficient (Wildman–Crippen LogP) is 6.32. The van der Waals surface area contributed by atoms with Crippen molar-refractivity contribution in [3.8, 4) is 0 Å². The van der Waals surface area contributed by atoms with Gasteiger partial charge in [0.2, 0.25) is 0 Å². The van der Waals surface area contributed by atoms with E-state index in [1.807, 2.05) is 7.05 Å². The van der Waals surface area contributed by atoms with E-state index in [4.69, 9.17) is 23.2 Å². The number of nitrogens with zero attached hydrogens (tertiary/aromatic N) is 2. The van der Waals surface area contributed by atoms with E-state index in [0.717, 1.165) is 6.08 Å². The van der Waals surface area contributed by atoms with Gasteiger partial charge in [0.25, 0.3) is 5.91 Å². The molecule has 0 bridgehead atoms. The average molecular weight is 482 g/mol. The molecule has 3 aromatic rings. The zero-order valence-electron chi connectivity index (χ0n) is 17.3. The molecule has 0 saturated heterocycles. The summed E-state index contributed by atoms with van der Waals surface area (Å²) >= 11 is 11.8. The zero-order valence-corrected chi connectivity index (χ0v) is 18.8. The van der Waals surface area contributed by atoms with Crippen molar-refractivity contribution in [1.29, 1.82) is 0 Å². The monoisotopic (exact) mass is 481 g/mol. The van der Waals surface area contributed by atoms with E-state index in [-0.39, 0.29) is 28.1 Å². The van der Waals surface area contributed by atoms with Gasteiger partial charge in [-0.25, -0.2) is 4.98 Å². The number of hydrogen-bond acceptors (Lipinski definition) is 2. The third-order valence-electron chi connectivity index (χ3n) is 4.90. The largest absolute Gasteiger partial charge is 0.399 e. The van der Waals surface area contributed by atoms with Crippen molar-refractivity contribution in [3.05, 3.63) is 93.0 Å². The molecular weight excluding hydrogens is 462 g/mol. The molecule has 0 radical (unpaired) electrons. The first kappa shape index (κ1) is 23.9. The highest BCUT2D eigenvalue weighted by atomic mass is 35.5. The van der Waals surface area contributed by atoms with E-state index in [9.17, 15) is 18.0 Å². The Morgan fingerprint density at radius 2 is 1.88 bits per heavy atom. The first-order valence-electron chi connectivity index (χ1n) is 9.60. The molecule has 1 N–H and O–H groups in total. The summed E-state index contributed by atoms with van der Waals surface area (Å²) in [5.74, 6) is -1.46. The second kappa shape index (κ2) is 9.79. The second-order valence-corrected chi connectivity index (χ2v) is 8.17.